The molecule has 27 heavy (non-hydrogen) atoms. The number of thioether (sulfide) groups is 1. The van der Waals surface area contributed by atoms with Crippen molar-refractivity contribution < 1.29 is 19.1 Å². The molecule has 0 unspecified atom stereocenters. The first kappa shape index (κ1) is 19.2. The lowest BCUT2D eigenvalue weighted by atomic mass is 10.2. The molecule has 7 nitrogen and oxygen atoms in total. The van der Waals surface area contributed by atoms with Gasteiger partial charge in [0.2, 0.25) is 0 Å². The molecular weight excluding hydrogens is 371 g/mol. The predicted molar refractivity (Wildman–Crippen MR) is 102 cm³/mol. The molecule has 0 bridgehead atoms. The van der Waals surface area contributed by atoms with Crippen molar-refractivity contribution in [1.82, 2.24) is 14.9 Å². The van der Waals surface area contributed by atoms with Crippen LogP contribution in [0.3, 0.4) is 0 Å². The van der Waals surface area contributed by atoms with Crippen molar-refractivity contribution in [3.63, 3.8) is 0 Å². The summed E-state index contributed by atoms with van der Waals surface area (Å²) in [6.07, 6.45) is 5.41. The number of fused-ring (bicyclic) bond motifs is 1. The highest BCUT2D eigenvalue weighted by atomic mass is 32.2. The van der Waals surface area contributed by atoms with Crippen LogP contribution in [0.15, 0.2) is 47.8 Å². The second kappa shape index (κ2) is 8.85. The minimum Gasteiger partial charge on any atom is -0.396 e. The van der Waals surface area contributed by atoms with Gasteiger partial charge in [-0.05, 0) is 43.0 Å². The monoisotopic (exact) mass is 390 g/mol. The molecule has 0 fully saturated rings. The average Bonchev–Trinajstić information content (AvgIpc) is 3.05. The van der Waals surface area contributed by atoms with Crippen LogP contribution in [0.2, 0.25) is 0 Å². The van der Waals surface area contributed by atoms with Crippen molar-refractivity contribution >= 4 is 34.7 Å². The number of hydrogen-bond acceptors (Lipinski definition) is 6. The normalized spacial score (nSPS) is 10.9. The van der Waals surface area contributed by atoms with Crippen molar-refractivity contribution in [1.29, 1.82) is 0 Å². The Labute approximate surface area is 159 Å². The molecule has 0 atom stereocenters. The smallest absolute Gasteiger partial charge is 0.278 e. The van der Waals surface area contributed by atoms with E-state index in [1.807, 2.05) is 6.26 Å². The standard InChI is InChI=1S/C18H19FN4O3S/c1-27-13-3-4-16(15(19)10-13)21-17-14(18(25)22-26-8-2-7-24)9-12-5-6-20-11-23(12)17/h3-6,9-11,21,24H,2,7-8H2,1H3,(H,22,25). The summed E-state index contributed by atoms with van der Waals surface area (Å²) in [5.41, 5.74) is 3.57. The molecule has 1 aromatic carbocycles. The van der Waals surface area contributed by atoms with Crippen LogP contribution in [0.4, 0.5) is 15.9 Å². The summed E-state index contributed by atoms with van der Waals surface area (Å²) in [5, 5.41) is 11.7. The van der Waals surface area contributed by atoms with Gasteiger partial charge in [0.1, 0.15) is 18.0 Å². The molecule has 142 valence electrons. The van der Waals surface area contributed by atoms with Gasteiger partial charge in [-0.2, -0.15) is 0 Å². The SMILES string of the molecule is CSc1ccc(Nc2c(C(=O)NOCCCO)cc3ccncn23)c(F)c1. The largest absolute Gasteiger partial charge is 0.396 e. The van der Waals surface area contributed by atoms with E-state index >= 15 is 0 Å². The maximum Gasteiger partial charge on any atom is 0.278 e. The Bertz CT molecular complexity index is 948. The molecule has 3 aromatic rings. The van der Waals surface area contributed by atoms with Gasteiger partial charge in [0, 0.05) is 17.7 Å². The highest BCUT2D eigenvalue weighted by molar-refractivity contribution is 7.98. The Morgan fingerprint density at radius 1 is 1.37 bits per heavy atom. The zero-order valence-corrected chi connectivity index (χ0v) is 15.4. The van der Waals surface area contributed by atoms with E-state index in [9.17, 15) is 9.18 Å². The first-order valence-corrected chi connectivity index (χ1v) is 9.45. The van der Waals surface area contributed by atoms with Crippen molar-refractivity contribution in [2.75, 3.05) is 24.8 Å². The summed E-state index contributed by atoms with van der Waals surface area (Å²) in [6.45, 7) is 0.153. The lowest BCUT2D eigenvalue weighted by molar-refractivity contribution is 0.0262. The number of aliphatic hydroxyl groups excluding tert-OH is 1. The van der Waals surface area contributed by atoms with Crippen LogP contribution in [-0.2, 0) is 4.84 Å². The molecule has 9 heteroatoms. The van der Waals surface area contributed by atoms with Crippen LogP contribution in [0.25, 0.3) is 5.52 Å². The third kappa shape index (κ3) is 4.38. The lowest BCUT2D eigenvalue weighted by Gasteiger charge is -2.11. The molecule has 3 rings (SSSR count). The van der Waals surface area contributed by atoms with Crippen LogP contribution in [-0.4, -0.2) is 39.9 Å². The minimum absolute atomic E-state index is 0.0320. The van der Waals surface area contributed by atoms with Gasteiger partial charge in [-0.1, -0.05) is 0 Å². The number of aromatic nitrogens is 2. The van der Waals surface area contributed by atoms with Crippen molar-refractivity contribution in [2.45, 2.75) is 11.3 Å². The Hall–Kier alpha value is -2.62. The molecule has 0 aliphatic heterocycles. The number of aliphatic hydroxyl groups is 1. The number of carbonyl (C=O) groups excluding carboxylic acids is 1. The van der Waals surface area contributed by atoms with Crippen LogP contribution in [0.5, 0.6) is 0 Å². The molecule has 3 N–H and O–H groups in total. The number of nitrogens with one attached hydrogen (secondary N) is 2. The van der Waals surface area contributed by atoms with E-state index < -0.39 is 11.7 Å². The van der Waals surface area contributed by atoms with Gasteiger partial charge in [-0.15, -0.1) is 11.8 Å². The molecule has 0 radical (unpaired) electrons. The number of nitrogens with zero attached hydrogens (tertiary/aromatic N) is 2. The molecule has 0 aliphatic carbocycles. The third-order valence-electron chi connectivity index (χ3n) is 3.82. The van der Waals surface area contributed by atoms with Gasteiger partial charge in [-0.3, -0.25) is 14.0 Å². The second-order valence-electron chi connectivity index (χ2n) is 5.61. The Kier molecular flexibility index (Phi) is 6.28. The number of rotatable bonds is 8. The number of amides is 1. The zero-order valence-electron chi connectivity index (χ0n) is 14.6. The van der Waals surface area contributed by atoms with Crippen LogP contribution in [0.1, 0.15) is 16.8 Å². The quantitative estimate of drug-likeness (QED) is 0.311. The number of anilines is 2. The Morgan fingerprint density at radius 3 is 2.96 bits per heavy atom. The van der Waals surface area contributed by atoms with E-state index in [-0.39, 0.29) is 24.5 Å². The number of hydrogen-bond donors (Lipinski definition) is 3. The zero-order chi connectivity index (χ0) is 19.2. The number of benzene rings is 1. The molecule has 0 saturated heterocycles. The van der Waals surface area contributed by atoms with Gasteiger partial charge in [0.05, 0.1) is 23.4 Å². The summed E-state index contributed by atoms with van der Waals surface area (Å²) in [6, 6.07) is 8.24. The van der Waals surface area contributed by atoms with E-state index in [1.165, 1.54) is 24.2 Å². The van der Waals surface area contributed by atoms with Gasteiger partial charge in [-0.25, -0.2) is 14.9 Å². The summed E-state index contributed by atoms with van der Waals surface area (Å²) in [7, 11) is 0. The summed E-state index contributed by atoms with van der Waals surface area (Å²) in [5.74, 6) is -0.538. The molecule has 0 aliphatic rings. The first-order chi connectivity index (χ1) is 13.1. The van der Waals surface area contributed by atoms with Gasteiger partial charge in [0.15, 0.2) is 0 Å². The fourth-order valence-corrected chi connectivity index (χ4v) is 2.91. The topological polar surface area (TPSA) is 87.9 Å². The molecule has 0 spiro atoms. The lowest BCUT2D eigenvalue weighted by Crippen LogP contribution is -2.25. The van der Waals surface area contributed by atoms with Gasteiger partial charge >= 0.3 is 0 Å². The van der Waals surface area contributed by atoms with Gasteiger partial charge < -0.3 is 10.4 Å². The van der Waals surface area contributed by atoms with Crippen LogP contribution in [0, 0.1) is 5.82 Å². The van der Waals surface area contributed by atoms with Crippen LogP contribution < -0.4 is 10.8 Å². The van der Waals surface area contributed by atoms with E-state index in [0.717, 1.165) is 4.90 Å². The number of carbonyl (C=O) groups is 1. The van der Waals surface area contributed by atoms with Crippen molar-refractivity contribution in [2.24, 2.45) is 0 Å². The molecular formula is C18H19FN4O3S. The highest BCUT2D eigenvalue weighted by Gasteiger charge is 2.18. The fraction of sp³-hybridized carbons (Fsp3) is 0.222. The Balaban J connectivity index is 1.92. The molecule has 2 heterocycles. The third-order valence-corrected chi connectivity index (χ3v) is 4.55. The van der Waals surface area contributed by atoms with E-state index in [0.29, 0.717) is 17.8 Å². The summed E-state index contributed by atoms with van der Waals surface area (Å²) < 4.78 is 16.1. The van der Waals surface area contributed by atoms with Crippen LogP contribution >= 0.6 is 11.8 Å². The second-order valence-corrected chi connectivity index (χ2v) is 6.49. The van der Waals surface area contributed by atoms with Crippen molar-refractivity contribution in [3.05, 3.63) is 54.2 Å². The van der Waals surface area contributed by atoms with E-state index in [4.69, 9.17) is 9.94 Å². The van der Waals surface area contributed by atoms with Crippen molar-refractivity contribution in [3.8, 4) is 0 Å². The minimum atomic E-state index is -0.486. The molecule has 2 aromatic heterocycles. The van der Waals surface area contributed by atoms with E-state index in [1.54, 1.807) is 34.9 Å². The maximum atomic E-state index is 14.4. The average molecular weight is 390 g/mol. The first-order valence-electron chi connectivity index (χ1n) is 8.22. The Morgan fingerprint density at radius 2 is 2.22 bits per heavy atom. The number of halogens is 1. The maximum absolute atomic E-state index is 14.4. The molecule has 0 saturated carbocycles. The van der Waals surface area contributed by atoms with E-state index in [2.05, 4.69) is 15.8 Å². The predicted octanol–water partition coefficient (Wildman–Crippen LogP) is 2.98. The highest BCUT2D eigenvalue weighted by Crippen LogP contribution is 2.28. The fourth-order valence-electron chi connectivity index (χ4n) is 2.48. The van der Waals surface area contributed by atoms with Gasteiger partial charge in [0.25, 0.3) is 5.91 Å². The molecule has 1 amide bonds. The number of hydroxylamine groups is 1. The summed E-state index contributed by atoms with van der Waals surface area (Å²) >= 11 is 1.44. The summed E-state index contributed by atoms with van der Waals surface area (Å²) in [4.78, 5) is 22.4.